The highest BCUT2D eigenvalue weighted by Crippen LogP contribution is 2.15. The van der Waals surface area contributed by atoms with Crippen molar-refractivity contribution in [1.82, 2.24) is 0 Å². The normalized spacial score (nSPS) is 11.2. The van der Waals surface area contributed by atoms with Crippen LogP contribution in [0.3, 0.4) is 0 Å². The van der Waals surface area contributed by atoms with Gasteiger partial charge in [-0.25, -0.2) is 0 Å². The molecular weight excluding hydrogens is 380 g/mol. The Morgan fingerprint density at radius 3 is 1.00 bits per heavy atom. The molecule has 0 aromatic heterocycles. The van der Waals surface area contributed by atoms with E-state index in [1.54, 1.807) is 0 Å². The van der Waals surface area contributed by atoms with Gasteiger partial charge in [0.05, 0.1) is 0 Å². The van der Waals surface area contributed by atoms with E-state index in [2.05, 4.69) is 43.0 Å². The highest BCUT2D eigenvalue weighted by atomic mass is 32.1. The van der Waals surface area contributed by atoms with E-state index in [-0.39, 0.29) is 0 Å². The summed E-state index contributed by atoms with van der Waals surface area (Å²) in [6, 6.07) is 10.9. The van der Waals surface area contributed by atoms with Crippen LogP contribution >= 0.6 is 12.6 Å². The Morgan fingerprint density at radius 2 is 0.667 bits per heavy atom. The minimum Gasteiger partial charge on any atom is -0.179 e. The second-order valence-electron chi connectivity index (χ2n) is 9.38. The average Bonchev–Trinajstić information content (AvgIpc) is 2.78. The number of hydrogen-bond acceptors (Lipinski definition) is 1. The molecule has 0 N–H and O–H groups in total. The molecule has 0 nitrogen and oxygen atoms in total. The molecule has 0 heterocycles. The van der Waals surface area contributed by atoms with Crippen LogP contribution in [-0.2, 0) is 6.42 Å². The molecule has 0 saturated heterocycles. The lowest BCUT2D eigenvalue weighted by Gasteiger charge is -2.04. The molecule has 0 saturated carbocycles. The molecule has 174 valence electrons. The van der Waals surface area contributed by atoms with Crippen molar-refractivity contribution in [3.63, 3.8) is 0 Å². The Labute approximate surface area is 195 Å². The van der Waals surface area contributed by atoms with E-state index >= 15 is 0 Å². The molecule has 0 amide bonds. The van der Waals surface area contributed by atoms with Crippen molar-refractivity contribution in [2.45, 2.75) is 141 Å². The molecule has 0 aliphatic rings. The fraction of sp³-hybridized carbons (Fsp3) is 0.793. The molecule has 0 unspecified atom stereocenters. The third-order valence-electron chi connectivity index (χ3n) is 6.47. The molecule has 0 radical (unpaired) electrons. The van der Waals surface area contributed by atoms with Crippen molar-refractivity contribution in [1.29, 1.82) is 0 Å². The quantitative estimate of drug-likeness (QED) is 0.129. The Morgan fingerprint density at radius 1 is 0.367 bits per heavy atom. The van der Waals surface area contributed by atoms with Crippen LogP contribution in [-0.4, -0.2) is 5.75 Å². The predicted octanol–water partition coefficient (Wildman–Crippen LogP) is 10.4. The van der Waals surface area contributed by atoms with Crippen molar-refractivity contribution in [2.75, 3.05) is 5.75 Å². The van der Waals surface area contributed by atoms with E-state index in [9.17, 15) is 0 Å². The molecule has 30 heavy (non-hydrogen) atoms. The second kappa shape index (κ2) is 23.2. The third kappa shape index (κ3) is 19.5. The topological polar surface area (TPSA) is 0 Å². The van der Waals surface area contributed by atoms with Gasteiger partial charge in [-0.1, -0.05) is 152 Å². The summed E-state index contributed by atoms with van der Waals surface area (Å²) in [5.74, 6) is 1.07. The fourth-order valence-corrected chi connectivity index (χ4v) is 4.67. The van der Waals surface area contributed by atoms with Crippen LogP contribution in [0.25, 0.3) is 0 Å². The van der Waals surface area contributed by atoms with Gasteiger partial charge in [0.15, 0.2) is 0 Å². The van der Waals surface area contributed by atoms with Crippen molar-refractivity contribution < 1.29 is 0 Å². The number of rotatable bonds is 23. The lowest BCUT2D eigenvalue weighted by molar-refractivity contribution is 0.520. The first-order chi connectivity index (χ1) is 14.9. The molecule has 0 fully saturated rings. The lowest BCUT2D eigenvalue weighted by atomic mass is 10.0. The van der Waals surface area contributed by atoms with Crippen LogP contribution in [0.1, 0.15) is 140 Å². The van der Waals surface area contributed by atoms with Gasteiger partial charge in [-0.3, -0.25) is 0 Å². The summed E-state index contributed by atoms with van der Waals surface area (Å²) in [7, 11) is 0. The maximum atomic E-state index is 4.27. The molecule has 1 heteroatoms. The van der Waals surface area contributed by atoms with Crippen LogP contribution in [0.2, 0.25) is 0 Å². The average molecular weight is 433 g/mol. The van der Waals surface area contributed by atoms with E-state index in [0.29, 0.717) is 0 Å². The SMILES string of the molecule is SCCCCCCCCCCCCCCCCCCCCCCCc1ccccc1. The number of hydrogen-bond donors (Lipinski definition) is 1. The van der Waals surface area contributed by atoms with E-state index in [4.69, 9.17) is 0 Å². The van der Waals surface area contributed by atoms with Gasteiger partial charge in [0.2, 0.25) is 0 Å². The van der Waals surface area contributed by atoms with E-state index < -0.39 is 0 Å². The first kappa shape index (κ1) is 27.6. The van der Waals surface area contributed by atoms with Crippen LogP contribution in [0, 0.1) is 0 Å². The van der Waals surface area contributed by atoms with Gasteiger partial charge in [0, 0.05) is 0 Å². The summed E-state index contributed by atoms with van der Waals surface area (Å²) >= 11 is 4.27. The van der Waals surface area contributed by atoms with Crippen LogP contribution in [0.5, 0.6) is 0 Å². The van der Waals surface area contributed by atoms with Crippen molar-refractivity contribution in [2.24, 2.45) is 0 Å². The van der Waals surface area contributed by atoms with Crippen LogP contribution in [0.15, 0.2) is 30.3 Å². The molecule has 0 atom stereocenters. The first-order valence-corrected chi connectivity index (χ1v) is 14.2. The molecule has 1 rings (SSSR count). The predicted molar refractivity (Wildman–Crippen MR) is 141 cm³/mol. The largest absolute Gasteiger partial charge is 0.179 e. The van der Waals surface area contributed by atoms with Gasteiger partial charge in [0.25, 0.3) is 0 Å². The summed E-state index contributed by atoms with van der Waals surface area (Å²) in [4.78, 5) is 0. The van der Waals surface area contributed by atoms with Gasteiger partial charge < -0.3 is 0 Å². The molecule has 1 aromatic carbocycles. The molecular formula is C29H52S. The molecule has 1 aromatic rings. The summed E-state index contributed by atoms with van der Waals surface area (Å²) in [5.41, 5.74) is 1.50. The van der Waals surface area contributed by atoms with E-state index in [1.165, 1.54) is 147 Å². The van der Waals surface area contributed by atoms with Crippen molar-refractivity contribution in [3.8, 4) is 0 Å². The van der Waals surface area contributed by atoms with E-state index in [0.717, 1.165) is 5.75 Å². The number of thiol groups is 1. The van der Waals surface area contributed by atoms with Gasteiger partial charge in [-0.05, 0) is 30.6 Å². The molecule has 0 spiro atoms. The Kier molecular flexibility index (Phi) is 21.4. The smallest absolute Gasteiger partial charge is 0.00979 e. The standard InChI is InChI=1S/C29H52S/c30-28-24-19-17-15-13-11-9-7-5-3-1-2-4-6-8-10-12-14-16-18-21-25-29-26-22-20-23-27-29/h20,22-23,26-27,30H,1-19,21,24-25,28H2. The molecule has 0 bridgehead atoms. The maximum Gasteiger partial charge on any atom is -0.00979 e. The fourth-order valence-electron chi connectivity index (χ4n) is 4.44. The summed E-state index contributed by atoms with van der Waals surface area (Å²) in [5, 5.41) is 0. The Hall–Kier alpha value is -0.430. The number of benzene rings is 1. The lowest BCUT2D eigenvalue weighted by Crippen LogP contribution is -1.86. The van der Waals surface area contributed by atoms with Crippen LogP contribution < -0.4 is 0 Å². The number of aryl methyl sites for hydroxylation is 1. The van der Waals surface area contributed by atoms with Crippen LogP contribution in [0.4, 0.5) is 0 Å². The Balaban J connectivity index is 1.65. The van der Waals surface area contributed by atoms with Gasteiger partial charge in [-0.2, -0.15) is 12.6 Å². The first-order valence-electron chi connectivity index (χ1n) is 13.6. The molecule has 0 aliphatic carbocycles. The third-order valence-corrected chi connectivity index (χ3v) is 6.78. The van der Waals surface area contributed by atoms with Gasteiger partial charge in [-0.15, -0.1) is 0 Å². The van der Waals surface area contributed by atoms with Crippen molar-refractivity contribution in [3.05, 3.63) is 35.9 Å². The van der Waals surface area contributed by atoms with E-state index in [1.807, 2.05) is 0 Å². The second-order valence-corrected chi connectivity index (χ2v) is 9.83. The highest BCUT2D eigenvalue weighted by molar-refractivity contribution is 7.80. The van der Waals surface area contributed by atoms with Gasteiger partial charge in [0.1, 0.15) is 0 Å². The minimum atomic E-state index is 1.07. The maximum absolute atomic E-state index is 4.27. The van der Waals surface area contributed by atoms with Crippen molar-refractivity contribution >= 4 is 12.6 Å². The zero-order chi connectivity index (χ0) is 21.4. The zero-order valence-electron chi connectivity index (χ0n) is 20.1. The minimum absolute atomic E-state index is 1.07. The highest BCUT2D eigenvalue weighted by Gasteiger charge is 1.96. The monoisotopic (exact) mass is 432 g/mol. The summed E-state index contributed by atoms with van der Waals surface area (Å²) in [6.07, 6.45) is 31.6. The summed E-state index contributed by atoms with van der Waals surface area (Å²) < 4.78 is 0. The number of unbranched alkanes of at least 4 members (excludes halogenated alkanes) is 20. The summed E-state index contributed by atoms with van der Waals surface area (Å²) in [6.45, 7) is 0. The molecule has 0 aliphatic heterocycles. The van der Waals surface area contributed by atoms with Gasteiger partial charge >= 0.3 is 0 Å². The zero-order valence-corrected chi connectivity index (χ0v) is 21.0. The Bertz CT molecular complexity index is 427.